The van der Waals surface area contributed by atoms with Crippen LogP contribution in [0.1, 0.15) is 0 Å². The molecule has 0 rings (SSSR count). The molecule has 0 aliphatic rings. The minimum Gasteiger partial charge on any atom is -0.394 e. The molecule has 0 saturated heterocycles. The third-order valence-corrected chi connectivity index (χ3v) is 1.92. The molecule has 8 nitrogen and oxygen atoms in total. The molecule has 8 heteroatoms. The second kappa shape index (κ2) is 6.64. The van der Waals surface area contributed by atoms with Gasteiger partial charge in [-0.3, -0.25) is 5.01 Å². The van der Waals surface area contributed by atoms with E-state index in [-0.39, 0.29) is 6.54 Å². The second-order valence-electron chi connectivity index (χ2n) is 3.22. The molecule has 0 radical (unpaired) electrons. The Labute approximate surface area is 86.3 Å². The first-order valence-corrected chi connectivity index (χ1v) is 4.31. The van der Waals surface area contributed by atoms with Crippen LogP contribution < -0.4 is 0 Å². The van der Waals surface area contributed by atoms with E-state index in [9.17, 15) is 20.2 Å². The Balaban J connectivity index is 4.17. The highest BCUT2D eigenvalue weighted by Gasteiger charge is 2.30. The van der Waals surface area contributed by atoms with Crippen LogP contribution in [0, 0.1) is 4.91 Å². The van der Waals surface area contributed by atoms with Gasteiger partial charge in [0, 0.05) is 7.05 Å². The van der Waals surface area contributed by atoms with Crippen molar-refractivity contribution in [1.82, 2.24) is 5.01 Å². The van der Waals surface area contributed by atoms with Gasteiger partial charge in [-0.1, -0.05) is 0 Å². The summed E-state index contributed by atoms with van der Waals surface area (Å²) in [5.74, 6) is 0. The third-order valence-electron chi connectivity index (χ3n) is 1.92. The first kappa shape index (κ1) is 14.2. The maximum atomic E-state index is 9.95. The van der Waals surface area contributed by atoms with Crippen molar-refractivity contribution >= 4 is 0 Å². The molecular weight excluding hydrogens is 208 g/mol. The van der Waals surface area contributed by atoms with Gasteiger partial charge in [-0.25, -0.2) is 0 Å². The number of likely N-dealkylation sites (N-methyl/N-ethyl adjacent to an activating group) is 1. The molecule has 0 bridgehead atoms. The summed E-state index contributed by atoms with van der Waals surface area (Å²) in [7, 11) is 1.28. The summed E-state index contributed by atoms with van der Waals surface area (Å²) in [5, 5.41) is 48.5. The number of hydrogen-bond acceptors (Lipinski definition) is 7. The summed E-state index contributed by atoms with van der Waals surface area (Å²) >= 11 is 0. The van der Waals surface area contributed by atoms with E-state index in [1.54, 1.807) is 0 Å². The second-order valence-corrected chi connectivity index (χ2v) is 3.22. The molecule has 5 N–H and O–H groups in total. The van der Waals surface area contributed by atoms with Gasteiger partial charge in [0.2, 0.25) is 0 Å². The molecule has 90 valence electrons. The fourth-order valence-corrected chi connectivity index (χ4v) is 0.975. The third kappa shape index (κ3) is 4.49. The molecule has 15 heavy (non-hydrogen) atoms. The van der Waals surface area contributed by atoms with E-state index in [1.807, 2.05) is 0 Å². The van der Waals surface area contributed by atoms with Gasteiger partial charge in [0.15, 0.2) is 0 Å². The first-order chi connectivity index (χ1) is 6.93. The minimum absolute atomic E-state index is 0.292. The number of rotatable bonds is 7. The van der Waals surface area contributed by atoms with Gasteiger partial charge in [0.05, 0.1) is 18.4 Å². The number of aliphatic hydroxyl groups is 5. The number of hydrogen-bond donors (Lipinski definition) is 5. The van der Waals surface area contributed by atoms with Crippen molar-refractivity contribution in [3.05, 3.63) is 4.91 Å². The lowest BCUT2D eigenvalue weighted by atomic mass is 10.0. The Morgan fingerprint density at radius 3 is 2.00 bits per heavy atom. The largest absolute Gasteiger partial charge is 0.394 e. The number of nitroso groups, excluding NO2 is 1. The van der Waals surface area contributed by atoms with Crippen molar-refractivity contribution in [1.29, 1.82) is 0 Å². The van der Waals surface area contributed by atoms with E-state index in [0.29, 0.717) is 0 Å². The Kier molecular flexibility index (Phi) is 6.29. The topological polar surface area (TPSA) is 134 Å². The van der Waals surface area contributed by atoms with Crippen LogP contribution in [0.15, 0.2) is 5.29 Å². The Hall–Kier alpha value is -0.800. The Morgan fingerprint density at radius 1 is 1.13 bits per heavy atom. The van der Waals surface area contributed by atoms with Gasteiger partial charge in [-0.15, -0.1) is 4.91 Å². The predicted octanol–water partition coefficient (Wildman–Crippen LogP) is -2.96. The van der Waals surface area contributed by atoms with Crippen molar-refractivity contribution < 1.29 is 25.5 Å². The highest BCUT2D eigenvalue weighted by Crippen LogP contribution is 2.06. The van der Waals surface area contributed by atoms with Gasteiger partial charge >= 0.3 is 0 Å². The summed E-state index contributed by atoms with van der Waals surface area (Å²) in [5.41, 5.74) is 0. The summed E-state index contributed by atoms with van der Waals surface area (Å²) in [4.78, 5) is 9.95. The zero-order valence-electron chi connectivity index (χ0n) is 8.26. The van der Waals surface area contributed by atoms with E-state index < -0.39 is 31.0 Å². The minimum atomic E-state index is -1.69. The highest BCUT2D eigenvalue weighted by atomic mass is 16.4. The lowest BCUT2D eigenvalue weighted by molar-refractivity contribution is -0.118. The Bertz CT molecular complexity index is 192. The molecule has 0 spiro atoms. The average molecular weight is 224 g/mol. The van der Waals surface area contributed by atoms with Crippen LogP contribution in [0.3, 0.4) is 0 Å². The van der Waals surface area contributed by atoms with Crippen molar-refractivity contribution in [2.45, 2.75) is 24.4 Å². The van der Waals surface area contributed by atoms with Gasteiger partial charge < -0.3 is 25.5 Å². The maximum Gasteiger partial charge on any atom is 0.111 e. The van der Waals surface area contributed by atoms with Gasteiger partial charge in [-0.2, -0.15) is 0 Å². The van der Waals surface area contributed by atoms with E-state index >= 15 is 0 Å². The summed E-state index contributed by atoms with van der Waals surface area (Å²) in [6, 6.07) is 0. The molecule has 0 aliphatic heterocycles. The Morgan fingerprint density at radius 2 is 1.60 bits per heavy atom. The van der Waals surface area contributed by atoms with Crippen LogP contribution in [0.25, 0.3) is 0 Å². The van der Waals surface area contributed by atoms with Gasteiger partial charge in [0.25, 0.3) is 0 Å². The predicted molar refractivity (Wildman–Crippen MR) is 49.5 cm³/mol. The van der Waals surface area contributed by atoms with E-state index in [1.165, 1.54) is 7.05 Å². The molecule has 0 aromatic carbocycles. The lowest BCUT2D eigenvalue weighted by Gasteiger charge is -2.26. The highest BCUT2D eigenvalue weighted by molar-refractivity contribution is 4.81. The quantitative estimate of drug-likeness (QED) is 0.230. The van der Waals surface area contributed by atoms with Crippen LogP contribution in [-0.4, -0.2) is 75.2 Å². The fourth-order valence-electron chi connectivity index (χ4n) is 0.975. The van der Waals surface area contributed by atoms with E-state index in [0.717, 1.165) is 5.01 Å². The fraction of sp³-hybridized carbons (Fsp3) is 1.00. The zero-order valence-corrected chi connectivity index (χ0v) is 8.26. The maximum absolute atomic E-state index is 9.95. The summed E-state index contributed by atoms with van der Waals surface area (Å²) < 4.78 is 0. The summed E-state index contributed by atoms with van der Waals surface area (Å²) in [6.07, 6.45) is -6.37. The SMILES string of the molecule is CN(CC(O)C(O)C(O)C(O)CO)N=O. The van der Waals surface area contributed by atoms with Crippen LogP contribution in [0.4, 0.5) is 0 Å². The van der Waals surface area contributed by atoms with Crippen molar-refractivity contribution in [3.63, 3.8) is 0 Å². The van der Waals surface area contributed by atoms with E-state index in [4.69, 9.17) is 10.2 Å². The molecule has 4 atom stereocenters. The average Bonchev–Trinajstić information content (AvgIpc) is 2.25. The molecule has 0 saturated carbocycles. The first-order valence-electron chi connectivity index (χ1n) is 4.31. The normalized spacial score (nSPS) is 19.1. The monoisotopic (exact) mass is 224 g/mol. The van der Waals surface area contributed by atoms with Crippen LogP contribution in [-0.2, 0) is 0 Å². The molecule has 0 amide bonds. The molecule has 0 aromatic heterocycles. The molecule has 4 unspecified atom stereocenters. The van der Waals surface area contributed by atoms with Crippen LogP contribution >= 0.6 is 0 Å². The number of nitrogens with zero attached hydrogens (tertiary/aromatic N) is 2. The zero-order chi connectivity index (χ0) is 12.0. The molecule has 0 aromatic rings. The standard InChI is InChI=1S/C7H16N2O6/c1-9(8-15)2-4(11)6(13)7(14)5(12)3-10/h4-7,10-14H,2-3H2,1H3. The number of aliphatic hydroxyl groups excluding tert-OH is 5. The molecule has 0 aliphatic carbocycles. The van der Waals surface area contributed by atoms with Crippen molar-refractivity contribution in [2.24, 2.45) is 5.29 Å². The van der Waals surface area contributed by atoms with Crippen LogP contribution in [0.2, 0.25) is 0 Å². The molecular formula is C7H16N2O6. The van der Waals surface area contributed by atoms with Crippen molar-refractivity contribution in [3.8, 4) is 0 Å². The smallest absolute Gasteiger partial charge is 0.111 e. The van der Waals surface area contributed by atoms with Crippen LogP contribution in [0.5, 0.6) is 0 Å². The van der Waals surface area contributed by atoms with Gasteiger partial charge in [-0.05, 0) is 0 Å². The van der Waals surface area contributed by atoms with E-state index in [2.05, 4.69) is 5.29 Å². The molecule has 0 fully saturated rings. The molecule has 0 heterocycles. The lowest BCUT2D eigenvalue weighted by Crippen LogP contribution is -2.48. The summed E-state index contributed by atoms with van der Waals surface area (Å²) in [6.45, 7) is -1.04. The van der Waals surface area contributed by atoms with Gasteiger partial charge in [0.1, 0.15) is 24.4 Å². The van der Waals surface area contributed by atoms with Crippen molar-refractivity contribution in [2.75, 3.05) is 20.2 Å².